The number of hydrogen-bond donors (Lipinski definition) is 1. The number of carbonyl (C=O) groups is 3. The number of amides is 1. The monoisotopic (exact) mass is 289 g/mol. The predicted molar refractivity (Wildman–Crippen MR) is 80.1 cm³/mol. The van der Waals surface area contributed by atoms with E-state index in [0.717, 1.165) is 6.42 Å². The van der Waals surface area contributed by atoms with E-state index < -0.39 is 18.0 Å². The van der Waals surface area contributed by atoms with Crippen LogP contribution in [0.4, 0.5) is 5.69 Å². The van der Waals surface area contributed by atoms with Gasteiger partial charge in [0.2, 0.25) is 0 Å². The van der Waals surface area contributed by atoms with Gasteiger partial charge in [0.05, 0.1) is 0 Å². The fourth-order valence-electron chi connectivity index (χ4n) is 1.51. The Bertz CT molecular complexity index is 546. The number of allylic oxidation sites excluding steroid dienone is 1. The van der Waals surface area contributed by atoms with Crippen molar-refractivity contribution in [2.24, 2.45) is 0 Å². The van der Waals surface area contributed by atoms with Crippen LogP contribution in [0.2, 0.25) is 0 Å². The van der Waals surface area contributed by atoms with E-state index in [4.69, 9.17) is 4.74 Å². The van der Waals surface area contributed by atoms with Crippen LogP contribution in [0.25, 0.3) is 0 Å². The van der Waals surface area contributed by atoms with Crippen LogP contribution in [0.1, 0.15) is 37.6 Å². The van der Waals surface area contributed by atoms with Gasteiger partial charge in [-0.3, -0.25) is 9.59 Å². The molecule has 0 fully saturated rings. The van der Waals surface area contributed by atoms with E-state index in [1.807, 2.05) is 6.92 Å². The molecule has 0 spiro atoms. The van der Waals surface area contributed by atoms with Crippen LogP contribution < -0.4 is 5.32 Å². The predicted octanol–water partition coefficient (Wildman–Crippen LogP) is 2.73. The maximum atomic E-state index is 11.9. The number of ether oxygens (including phenoxy) is 1. The van der Waals surface area contributed by atoms with E-state index in [1.165, 1.54) is 19.9 Å². The van der Waals surface area contributed by atoms with E-state index in [1.54, 1.807) is 30.3 Å². The Morgan fingerprint density at radius 3 is 2.38 bits per heavy atom. The molecule has 1 atom stereocenters. The third kappa shape index (κ3) is 5.60. The van der Waals surface area contributed by atoms with Gasteiger partial charge in [-0.15, -0.1) is 0 Å². The lowest BCUT2D eigenvalue weighted by molar-refractivity contribution is -0.148. The fraction of sp³-hybridized carbons (Fsp3) is 0.312. The van der Waals surface area contributed by atoms with Gasteiger partial charge < -0.3 is 10.1 Å². The molecule has 1 amide bonds. The van der Waals surface area contributed by atoms with Crippen LogP contribution in [0.15, 0.2) is 36.4 Å². The lowest BCUT2D eigenvalue weighted by Gasteiger charge is -2.12. The Kier molecular flexibility index (Phi) is 6.33. The van der Waals surface area contributed by atoms with Crippen LogP contribution in [-0.2, 0) is 14.3 Å². The number of benzene rings is 1. The van der Waals surface area contributed by atoms with E-state index in [9.17, 15) is 14.4 Å². The van der Waals surface area contributed by atoms with Gasteiger partial charge in [0.15, 0.2) is 11.9 Å². The number of anilines is 1. The molecule has 1 aromatic rings. The molecule has 0 saturated carbocycles. The number of ketones is 1. The summed E-state index contributed by atoms with van der Waals surface area (Å²) in [5.74, 6) is -1.02. The molecular weight excluding hydrogens is 270 g/mol. The second-order valence-corrected chi connectivity index (χ2v) is 4.51. The third-order valence-electron chi connectivity index (χ3n) is 2.71. The average molecular weight is 289 g/mol. The van der Waals surface area contributed by atoms with Gasteiger partial charge in [-0.05, 0) is 44.5 Å². The van der Waals surface area contributed by atoms with Crippen molar-refractivity contribution in [3.05, 3.63) is 42.0 Å². The second-order valence-electron chi connectivity index (χ2n) is 4.51. The Hall–Kier alpha value is -2.43. The Labute approximate surface area is 124 Å². The molecule has 5 nitrogen and oxygen atoms in total. The maximum absolute atomic E-state index is 11.9. The van der Waals surface area contributed by atoms with E-state index >= 15 is 0 Å². The minimum absolute atomic E-state index is 0.0436. The van der Waals surface area contributed by atoms with Crippen LogP contribution in [0.3, 0.4) is 0 Å². The smallest absolute Gasteiger partial charge is 0.331 e. The summed E-state index contributed by atoms with van der Waals surface area (Å²) in [7, 11) is 0. The van der Waals surface area contributed by atoms with Crippen molar-refractivity contribution in [1.29, 1.82) is 0 Å². The Morgan fingerprint density at radius 1 is 1.24 bits per heavy atom. The van der Waals surface area contributed by atoms with Gasteiger partial charge in [-0.1, -0.05) is 13.0 Å². The van der Waals surface area contributed by atoms with Gasteiger partial charge >= 0.3 is 5.97 Å². The van der Waals surface area contributed by atoms with Crippen molar-refractivity contribution in [1.82, 2.24) is 0 Å². The van der Waals surface area contributed by atoms with Crippen molar-refractivity contribution in [3.8, 4) is 0 Å². The normalized spacial score (nSPS) is 12.0. The lowest BCUT2D eigenvalue weighted by atomic mass is 10.1. The zero-order valence-electron chi connectivity index (χ0n) is 12.4. The molecule has 0 aliphatic rings. The first-order chi connectivity index (χ1) is 9.93. The highest BCUT2D eigenvalue weighted by atomic mass is 16.5. The molecule has 0 saturated heterocycles. The Morgan fingerprint density at radius 2 is 1.86 bits per heavy atom. The fourth-order valence-corrected chi connectivity index (χ4v) is 1.51. The molecule has 0 aliphatic carbocycles. The topological polar surface area (TPSA) is 72.5 Å². The van der Waals surface area contributed by atoms with Crippen molar-refractivity contribution >= 4 is 23.3 Å². The minimum Gasteiger partial charge on any atom is -0.449 e. The van der Waals surface area contributed by atoms with Crippen LogP contribution in [-0.4, -0.2) is 23.8 Å². The lowest BCUT2D eigenvalue weighted by Crippen LogP contribution is -2.29. The summed E-state index contributed by atoms with van der Waals surface area (Å²) in [5.41, 5.74) is 1.11. The highest BCUT2D eigenvalue weighted by Gasteiger charge is 2.16. The summed E-state index contributed by atoms with van der Waals surface area (Å²) in [6, 6.07) is 6.50. The zero-order valence-corrected chi connectivity index (χ0v) is 12.4. The SMILES string of the molecule is CC/C=C/C(=O)O[C@H](C)C(=O)Nc1ccc(C(C)=O)cc1. The third-order valence-corrected chi connectivity index (χ3v) is 2.71. The molecule has 112 valence electrons. The zero-order chi connectivity index (χ0) is 15.8. The first-order valence-corrected chi connectivity index (χ1v) is 6.73. The van der Waals surface area contributed by atoms with Crippen molar-refractivity contribution in [2.75, 3.05) is 5.32 Å². The quantitative estimate of drug-likeness (QED) is 0.496. The Balaban J connectivity index is 2.57. The van der Waals surface area contributed by atoms with Gasteiger partial charge in [0.1, 0.15) is 0 Å². The highest BCUT2D eigenvalue weighted by molar-refractivity contribution is 5.97. The number of rotatable bonds is 6. The van der Waals surface area contributed by atoms with Crippen LogP contribution in [0.5, 0.6) is 0 Å². The van der Waals surface area contributed by atoms with Gasteiger partial charge in [0, 0.05) is 17.3 Å². The molecule has 1 rings (SSSR count). The molecule has 0 bridgehead atoms. The average Bonchev–Trinajstić information content (AvgIpc) is 2.45. The summed E-state index contributed by atoms with van der Waals surface area (Å²) in [4.78, 5) is 34.4. The van der Waals surface area contributed by atoms with Crippen molar-refractivity contribution in [2.45, 2.75) is 33.3 Å². The summed E-state index contributed by atoms with van der Waals surface area (Å²) in [6.07, 6.45) is 2.78. The molecule has 0 unspecified atom stereocenters. The summed E-state index contributed by atoms with van der Waals surface area (Å²) in [5, 5.41) is 2.62. The van der Waals surface area contributed by atoms with E-state index in [-0.39, 0.29) is 5.78 Å². The number of hydrogen-bond acceptors (Lipinski definition) is 4. The molecule has 0 heterocycles. The number of nitrogens with one attached hydrogen (secondary N) is 1. The molecule has 5 heteroatoms. The first kappa shape index (κ1) is 16.6. The first-order valence-electron chi connectivity index (χ1n) is 6.73. The molecule has 1 N–H and O–H groups in total. The standard InChI is InChI=1S/C16H19NO4/c1-4-5-6-15(19)21-12(3)16(20)17-14-9-7-13(8-10-14)11(2)18/h5-10,12H,4H2,1-3H3,(H,17,20)/b6-5+/t12-/m1/s1. The van der Waals surface area contributed by atoms with E-state index in [2.05, 4.69) is 5.32 Å². The molecule has 0 aliphatic heterocycles. The maximum Gasteiger partial charge on any atom is 0.331 e. The number of esters is 1. The number of carbonyl (C=O) groups excluding carboxylic acids is 3. The second kappa shape index (κ2) is 7.99. The van der Waals surface area contributed by atoms with Crippen molar-refractivity contribution < 1.29 is 19.1 Å². The van der Waals surface area contributed by atoms with Gasteiger partial charge in [-0.25, -0.2) is 4.79 Å². The summed E-state index contributed by atoms with van der Waals surface area (Å²) in [6.45, 7) is 4.86. The summed E-state index contributed by atoms with van der Waals surface area (Å²) >= 11 is 0. The van der Waals surface area contributed by atoms with Crippen LogP contribution >= 0.6 is 0 Å². The molecular formula is C16H19NO4. The summed E-state index contributed by atoms with van der Waals surface area (Å²) < 4.78 is 4.96. The van der Waals surface area contributed by atoms with Crippen LogP contribution in [0, 0.1) is 0 Å². The number of Topliss-reactive ketones (excluding diaryl/α,β-unsaturated/α-hetero) is 1. The largest absolute Gasteiger partial charge is 0.449 e. The van der Waals surface area contributed by atoms with Gasteiger partial charge in [-0.2, -0.15) is 0 Å². The highest BCUT2D eigenvalue weighted by Crippen LogP contribution is 2.11. The van der Waals surface area contributed by atoms with Crippen molar-refractivity contribution in [3.63, 3.8) is 0 Å². The minimum atomic E-state index is -0.897. The van der Waals surface area contributed by atoms with E-state index in [0.29, 0.717) is 11.3 Å². The molecule has 0 radical (unpaired) electrons. The molecule has 1 aromatic carbocycles. The van der Waals surface area contributed by atoms with Gasteiger partial charge in [0.25, 0.3) is 5.91 Å². The molecule has 21 heavy (non-hydrogen) atoms. The molecule has 0 aromatic heterocycles.